The molecule has 4 heterocycles. The van der Waals surface area contributed by atoms with Crippen molar-refractivity contribution in [1.82, 2.24) is 39.5 Å². The van der Waals surface area contributed by atoms with E-state index in [1.54, 1.807) is 34.3 Å². The highest BCUT2D eigenvalue weighted by molar-refractivity contribution is 5.87. The number of benzene rings is 2. The van der Waals surface area contributed by atoms with Crippen molar-refractivity contribution in [3.05, 3.63) is 97.9 Å². The first kappa shape index (κ1) is 37.6. The maximum Gasteiger partial charge on any atom is 0.407 e. The van der Waals surface area contributed by atoms with Crippen LogP contribution in [-0.2, 0) is 9.59 Å². The minimum atomic E-state index is -1.16. The molecule has 2 saturated heterocycles. The van der Waals surface area contributed by atoms with E-state index in [4.69, 9.17) is 0 Å². The molecule has 0 radical (unpaired) electrons. The maximum atomic E-state index is 13.5. The Kier molecular flexibility index (Phi) is 11.3. The third kappa shape index (κ3) is 7.63. The summed E-state index contributed by atoms with van der Waals surface area (Å²) in [5.41, 5.74) is 5.57. The van der Waals surface area contributed by atoms with Crippen molar-refractivity contribution in [2.24, 2.45) is 0 Å². The number of likely N-dealkylation sites (tertiary alicyclic amines) is 2. The molecule has 6 rings (SSSR count). The van der Waals surface area contributed by atoms with Crippen LogP contribution in [0.25, 0.3) is 33.6 Å². The lowest BCUT2D eigenvalue weighted by molar-refractivity contribution is -0.137. The summed E-state index contributed by atoms with van der Waals surface area (Å²) >= 11 is 0. The summed E-state index contributed by atoms with van der Waals surface area (Å²) in [7, 11) is 2.81. The van der Waals surface area contributed by atoms with Crippen LogP contribution in [-0.4, -0.2) is 113 Å². The number of nitrogens with one attached hydrogen (secondary N) is 2. The summed E-state index contributed by atoms with van der Waals surface area (Å²) < 4.78 is 0. The summed E-state index contributed by atoms with van der Waals surface area (Å²) in [4.78, 5) is 71.8. The molecule has 282 valence electrons. The van der Waals surface area contributed by atoms with Crippen LogP contribution in [0.1, 0.15) is 62.3 Å². The van der Waals surface area contributed by atoms with E-state index < -0.39 is 24.3 Å². The molecular formula is C40H46N8O6. The van der Waals surface area contributed by atoms with Crippen molar-refractivity contribution >= 4 is 24.0 Å². The second-order valence-electron chi connectivity index (χ2n) is 13.8. The lowest BCUT2D eigenvalue weighted by atomic mass is 10.0. The van der Waals surface area contributed by atoms with Gasteiger partial charge in [0.25, 0.3) is 0 Å². The number of carboxylic acid groups (broad SMARTS) is 2. The second-order valence-corrected chi connectivity index (χ2v) is 13.8. The van der Waals surface area contributed by atoms with E-state index in [1.165, 1.54) is 14.1 Å². The number of nitrogens with zero attached hydrogens (tertiary/aromatic N) is 6. The Balaban J connectivity index is 1.12. The van der Waals surface area contributed by atoms with Gasteiger partial charge in [0.15, 0.2) is 0 Å². The molecule has 4 N–H and O–H groups in total. The van der Waals surface area contributed by atoms with Crippen LogP contribution in [0.4, 0.5) is 9.59 Å². The van der Waals surface area contributed by atoms with Gasteiger partial charge in [0.2, 0.25) is 11.8 Å². The average Bonchev–Trinajstić information content (AvgIpc) is 4.02. The van der Waals surface area contributed by atoms with Crippen LogP contribution < -0.4 is 0 Å². The predicted octanol–water partition coefficient (Wildman–Crippen LogP) is 6.57. The molecule has 0 spiro atoms. The van der Waals surface area contributed by atoms with E-state index in [1.807, 2.05) is 48.5 Å². The van der Waals surface area contributed by atoms with Crippen molar-refractivity contribution in [1.29, 1.82) is 0 Å². The Labute approximate surface area is 313 Å². The number of carbonyl (C=O) groups is 4. The highest BCUT2D eigenvalue weighted by atomic mass is 16.4. The molecule has 4 atom stereocenters. The molecule has 14 heteroatoms. The topological polar surface area (TPSA) is 179 Å². The van der Waals surface area contributed by atoms with Gasteiger partial charge in [-0.15, -0.1) is 13.2 Å². The molecule has 2 aliphatic rings. The number of rotatable bonds is 13. The first-order chi connectivity index (χ1) is 26.0. The molecule has 4 aromatic rings. The molecule has 0 aliphatic carbocycles. The van der Waals surface area contributed by atoms with Crippen LogP contribution in [0.3, 0.4) is 0 Å². The summed E-state index contributed by atoms with van der Waals surface area (Å²) in [5.74, 6) is 0.832. The smallest absolute Gasteiger partial charge is 0.407 e. The number of aromatic amines is 2. The van der Waals surface area contributed by atoms with Crippen LogP contribution in [0, 0.1) is 0 Å². The fourth-order valence-corrected chi connectivity index (χ4v) is 7.43. The minimum absolute atomic E-state index is 0.226. The summed E-state index contributed by atoms with van der Waals surface area (Å²) in [6.45, 7) is 8.47. The Hall–Kier alpha value is -6.18. The van der Waals surface area contributed by atoms with Gasteiger partial charge in [0, 0.05) is 27.2 Å². The zero-order valence-corrected chi connectivity index (χ0v) is 30.5. The molecule has 0 unspecified atom stereocenters. The molecule has 54 heavy (non-hydrogen) atoms. The Morgan fingerprint density at radius 2 is 1.06 bits per heavy atom. The standard InChI is InChI=1S/C40H46N8O6/c1-5-9-33(45(3)39(51)52)37(49)47-21-7-11-31(47)35-41-23-29(43-35)27-17-13-25(14-18-27)26-15-19-28(20-16-26)30-24-42-36(44-30)32-12-8-22-48(32)38(50)34(10-6-2)46(4)40(53)54/h5-6,13-20,23-24,31-34H,1-2,7-12,21-22H2,3-4H3,(H,41,43)(H,42,44)(H,51,52)(H,53,54)/t31-,32-,33-,34-/m0/s1. The zero-order chi connectivity index (χ0) is 38.5. The molecule has 14 nitrogen and oxygen atoms in total. The van der Waals surface area contributed by atoms with Gasteiger partial charge in [0.1, 0.15) is 23.7 Å². The van der Waals surface area contributed by atoms with Crippen molar-refractivity contribution in [2.75, 3.05) is 27.2 Å². The van der Waals surface area contributed by atoms with E-state index >= 15 is 0 Å². The Bertz CT molecular complexity index is 1860. The number of hydrogen-bond acceptors (Lipinski definition) is 6. The SMILES string of the molecule is C=CC[C@@H](C(=O)N1CCC[C@H]1c1ncc(-c2ccc(-c3ccc(-c4cnc([C@@H]5CCCN5C(=O)[C@H](CC=C)N(C)C(=O)O)[nH]4)cc3)cc2)[nH]1)N(C)C(=O)O. The number of H-pyrrole nitrogens is 2. The fourth-order valence-electron chi connectivity index (χ4n) is 7.43. The molecule has 2 aromatic carbocycles. The third-order valence-corrected chi connectivity index (χ3v) is 10.5. The molecule has 2 aliphatic heterocycles. The van der Waals surface area contributed by atoms with Gasteiger partial charge in [-0.3, -0.25) is 19.4 Å². The number of hydrogen-bond donors (Lipinski definition) is 4. The van der Waals surface area contributed by atoms with Crippen LogP contribution in [0.15, 0.2) is 86.2 Å². The Morgan fingerprint density at radius 3 is 1.39 bits per heavy atom. The quantitative estimate of drug-likeness (QED) is 0.111. The van der Waals surface area contributed by atoms with Gasteiger partial charge < -0.3 is 30.0 Å². The van der Waals surface area contributed by atoms with Gasteiger partial charge in [-0.25, -0.2) is 19.6 Å². The summed E-state index contributed by atoms with van der Waals surface area (Å²) in [6.07, 6.45) is 7.83. The molecular weight excluding hydrogens is 688 g/mol. The van der Waals surface area contributed by atoms with Gasteiger partial charge in [0.05, 0.1) is 35.9 Å². The van der Waals surface area contributed by atoms with E-state index in [9.17, 15) is 29.4 Å². The lowest BCUT2D eigenvalue weighted by Gasteiger charge is -2.31. The second kappa shape index (κ2) is 16.2. The highest BCUT2D eigenvalue weighted by Crippen LogP contribution is 2.35. The number of likely N-dealkylation sites (N-methyl/N-ethyl adjacent to an activating group) is 2. The summed E-state index contributed by atoms with van der Waals surface area (Å²) in [6, 6.07) is 14.0. The largest absolute Gasteiger partial charge is 0.465 e. The third-order valence-electron chi connectivity index (χ3n) is 10.5. The van der Waals surface area contributed by atoms with Gasteiger partial charge in [-0.1, -0.05) is 60.7 Å². The lowest BCUT2D eigenvalue weighted by Crippen LogP contribution is -2.48. The normalized spacial score (nSPS) is 17.9. The monoisotopic (exact) mass is 734 g/mol. The van der Waals surface area contributed by atoms with E-state index in [0.717, 1.165) is 69.1 Å². The zero-order valence-electron chi connectivity index (χ0n) is 30.5. The van der Waals surface area contributed by atoms with Crippen molar-refractivity contribution in [3.63, 3.8) is 0 Å². The van der Waals surface area contributed by atoms with Crippen molar-refractivity contribution < 1.29 is 29.4 Å². The van der Waals surface area contributed by atoms with Crippen molar-refractivity contribution in [2.45, 2.75) is 62.7 Å². The molecule has 0 saturated carbocycles. The molecule has 4 amide bonds. The number of amides is 4. The van der Waals surface area contributed by atoms with E-state index in [0.29, 0.717) is 24.7 Å². The fraction of sp³-hybridized carbons (Fsp3) is 0.350. The summed E-state index contributed by atoms with van der Waals surface area (Å²) in [5, 5.41) is 19.0. The van der Waals surface area contributed by atoms with Crippen LogP contribution in [0.2, 0.25) is 0 Å². The number of carbonyl (C=O) groups excluding carboxylic acids is 2. The van der Waals surface area contributed by atoms with Crippen molar-refractivity contribution in [3.8, 4) is 33.6 Å². The van der Waals surface area contributed by atoms with Gasteiger partial charge in [-0.2, -0.15) is 0 Å². The highest BCUT2D eigenvalue weighted by Gasteiger charge is 2.39. The van der Waals surface area contributed by atoms with Crippen LogP contribution >= 0.6 is 0 Å². The van der Waals surface area contributed by atoms with Crippen LogP contribution in [0.5, 0.6) is 0 Å². The first-order valence-corrected chi connectivity index (χ1v) is 18.1. The number of imidazole rings is 2. The molecule has 2 aromatic heterocycles. The first-order valence-electron chi connectivity index (χ1n) is 18.1. The van der Waals surface area contributed by atoms with Gasteiger partial charge >= 0.3 is 12.2 Å². The maximum absolute atomic E-state index is 13.5. The minimum Gasteiger partial charge on any atom is -0.465 e. The van der Waals surface area contributed by atoms with E-state index in [-0.39, 0.29) is 36.7 Å². The molecule has 2 fully saturated rings. The number of aromatic nitrogens is 4. The average molecular weight is 735 g/mol. The van der Waals surface area contributed by atoms with E-state index in [2.05, 4.69) is 33.1 Å². The molecule has 0 bridgehead atoms. The Morgan fingerprint density at radius 1 is 0.704 bits per heavy atom. The van der Waals surface area contributed by atoms with Gasteiger partial charge in [-0.05, 0) is 60.8 Å². The predicted molar refractivity (Wildman–Crippen MR) is 203 cm³/mol.